The number of fused-ring (bicyclic) bond motifs is 1. The van der Waals surface area contributed by atoms with Gasteiger partial charge in [-0.2, -0.15) is 0 Å². The van der Waals surface area contributed by atoms with Crippen molar-refractivity contribution in [1.82, 2.24) is 4.57 Å². The molecule has 6 nitrogen and oxygen atoms in total. The molecule has 3 heterocycles. The van der Waals surface area contributed by atoms with E-state index in [0.29, 0.717) is 28.8 Å². The van der Waals surface area contributed by atoms with E-state index < -0.39 is 5.92 Å². The molecule has 1 N–H and O–H groups in total. The molecule has 34 heavy (non-hydrogen) atoms. The maximum absolute atomic E-state index is 13.6. The lowest BCUT2D eigenvalue weighted by atomic mass is 9.89. The molecule has 5 aromatic rings. The van der Waals surface area contributed by atoms with E-state index in [2.05, 4.69) is 28.2 Å². The number of nitrogens with one attached hydrogen (secondary N) is 1. The minimum absolute atomic E-state index is 0.131. The number of anilines is 1. The standard InChI is InChI=1S/C28H22N2O4/c1-33-18-10-11-25-20(12-18)28(32)22(16-34-25)19-13-26(31)29-23-8-5-9-24-27(23)21(19)15-30(24)14-17-6-3-2-4-7-17/h2-12,15-16,19H,13-14H2,1H3,(H,29,31)/t19-/m0/s1. The monoisotopic (exact) mass is 450 g/mol. The fraction of sp³-hybridized carbons (Fsp3) is 0.143. The second-order valence-electron chi connectivity index (χ2n) is 8.58. The molecule has 2 aromatic heterocycles. The molecule has 1 aliphatic rings. The van der Waals surface area contributed by atoms with Gasteiger partial charge < -0.3 is 19.0 Å². The Hall–Kier alpha value is -4.32. The predicted octanol–water partition coefficient (Wildman–Crippen LogP) is 5.28. The minimum Gasteiger partial charge on any atom is -0.497 e. The fourth-order valence-electron chi connectivity index (χ4n) is 4.93. The third-order valence-electron chi connectivity index (χ3n) is 6.55. The summed E-state index contributed by atoms with van der Waals surface area (Å²) < 4.78 is 13.3. The summed E-state index contributed by atoms with van der Waals surface area (Å²) in [6, 6.07) is 21.3. The molecule has 0 saturated heterocycles. The normalized spacial score (nSPS) is 15.3. The number of nitrogens with zero attached hydrogens (tertiary/aromatic N) is 1. The molecular weight excluding hydrogens is 428 g/mol. The lowest BCUT2D eigenvalue weighted by Crippen LogP contribution is -2.19. The van der Waals surface area contributed by atoms with Crippen LogP contribution >= 0.6 is 0 Å². The quantitative estimate of drug-likeness (QED) is 0.404. The Bertz CT molecular complexity index is 1610. The highest BCUT2D eigenvalue weighted by Gasteiger charge is 2.30. The second kappa shape index (κ2) is 7.92. The number of aromatic nitrogens is 1. The van der Waals surface area contributed by atoms with Gasteiger partial charge in [-0.1, -0.05) is 36.4 Å². The second-order valence-corrected chi connectivity index (χ2v) is 8.58. The highest BCUT2D eigenvalue weighted by molar-refractivity contribution is 6.06. The van der Waals surface area contributed by atoms with Crippen molar-refractivity contribution in [2.45, 2.75) is 18.9 Å². The van der Waals surface area contributed by atoms with Crippen molar-refractivity contribution in [2.75, 3.05) is 12.4 Å². The Morgan fingerprint density at radius 3 is 2.71 bits per heavy atom. The number of amides is 1. The number of ether oxygens (including phenoxy) is 1. The maximum Gasteiger partial charge on any atom is 0.225 e. The number of hydrogen-bond acceptors (Lipinski definition) is 4. The zero-order chi connectivity index (χ0) is 23.2. The Labute approximate surface area is 195 Å². The molecule has 0 saturated carbocycles. The Balaban J connectivity index is 1.56. The van der Waals surface area contributed by atoms with Crippen LogP contribution < -0.4 is 15.5 Å². The summed E-state index contributed by atoms with van der Waals surface area (Å²) in [5.41, 5.74) is 4.68. The molecule has 1 amide bonds. The average molecular weight is 450 g/mol. The van der Waals surface area contributed by atoms with E-state index in [1.807, 2.05) is 36.4 Å². The van der Waals surface area contributed by atoms with Gasteiger partial charge in [0.15, 0.2) is 5.43 Å². The van der Waals surface area contributed by atoms with Gasteiger partial charge in [0.2, 0.25) is 5.91 Å². The maximum atomic E-state index is 13.6. The van der Waals surface area contributed by atoms with E-state index >= 15 is 0 Å². The summed E-state index contributed by atoms with van der Waals surface area (Å²) in [6.07, 6.45) is 3.73. The van der Waals surface area contributed by atoms with Crippen LogP contribution in [0.1, 0.15) is 29.0 Å². The smallest absolute Gasteiger partial charge is 0.225 e. The van der Waals surface area contributed by atoms with Gasteiger partial charge in [-0.15, -0.1) is 0 Å². The average Bonchev–Trinajstić information content (AvgIpc) is 3.15. The SMILES string of the molecule is COc1ccc2occ([C@H]3CC(=O)Nc4cccc5c4c3cn5Cc3ccccc3)c(=O)c2c1. The number of carbonyl (C=O) groups is 1. The van der Waals surface area contributed by atoms with Gasteiger partial charge >= 0.3 is 0 Å². The largest absolute Gasteiger partial charge is 0.497 e. The molecule has 1 atom stereocenters. The minimum atomic E-state index is -0.435. The van der Waals surface area contributed by atoms with Crippen molar-refractivity contribution in [3.63, 3.8) is 0 Å². The molecule has 1 aliphatic heterocycles. The van der Waals surface area contributed by atoms with Gasteiger partial charge in [0, 0.05) is 36.0 Å². The van der Waals surface area contributed by atoms with Crippen LogP contribution in [0.15, 0.2) is 88.4 Å². The lowest BCUT2D eigenvalue weighted by Gasteiger charge is -2.14. The first-order valence-electron chi connectivity index (χ1n) is 11.2. The molecule has 6 heteroatoms. The number of benzene rings is 3. The number of rotatable bonds is 4. The molecule has 0 radical (unpaired) electrons. The van der Waals surface area contributed by atoms with Gasteiger partial charge in [0.1, 0.15) is 11.3 Å². The number of hydrogen-bond donors (Lipinski definition) is 1. The summed E-state index contributed by atoms with van der Waals surface area (Å²) >= 11 is 0. The van der Waals surface area contributed by atoms with E-state index in [-0.39, 0.29) is 17.8 Å². The highest BCUT2D eigenvalue weighted by atomic mass is 16.5. The van der Waals surface area contributed by atoms with E-state index in [9.17, 15) is 9.59 Å². The highest BCUT2D eigenvalue weighted by Crippen LogP contribution is 2.40. The van der Waals surface area contributed by atoms with Gasteiger partial charge in [0.25, 0.3) is 0 Å². The topological polar surface area (TPSA) is 73.5 Å². The van der Waals surface area contributed by atoms with E-state index in [1.165, 1.54) is 11.8 Å². The zero-order valence-electron chi connectivity index (χ0n) is 18.6. The van der Waals surface area contributed by atoms with Crippen molar-refractivity contribution in [3.05, 3.63) is 106 Å². The van der Waals surface area contributed by atoms with Gasteiger partial charge in [-0.05, 0) is 41.5 Å². The molecule has 168 valence electrons. The third-order valence-corrected chi connectivity index (χ3v) is 6.55. The third kappa shape index (κ3) is 3.27. The van der Waals surface area contributed by atoms with Crippen LogP contribution in [-0.4, -0.2) is 17.6 Å². The molecule has 0 aliphatic carbocycles. The molecule has 0 fully saturated rings. The Morgan fingerprint density at radius 1 is 1.03 bits per heavy atom. The van der Waals surface area contributed by atoms with Crippen LogP contribution in [0.5, 0.6) is 5.75 Å². The Morgan fingerprint density at radius 2 is 1.88 bits per heavy atom. The lowest BCUT2D eigenvalue weighted by molar-refractivity contribution is -0.116. The number of carbonyl (C=O) groups excluding carboxylic acids is 1. The van der Waals surface area contributed by atoms with Crippen molar-refractivity contribution in [2.24, 2.45) is 0 Å². The zero-order valence-corrected chi connectivity index (χ0v) is 18.6. The first-order valence-corrected chi connectivity index (χ1v) is 11.2. The van der Waals surface area contributed by atoms with Crippen LogP contribution in [0.3, 0.4) is 0 Å². The number of methoxy groups -OCH3 is 1. The van der Waals surface area contributed by atoms with E-state index in [1.54, 1.807) is 25.3 Å². The van der Waals surface area contributed by atoms with Crippen molar-refractivity contribution in [3.8, 4) is 5.75 Å². The van der Waals surface area contributed by atoms with Gasteiger partial charge in [-0.3, -0.25) is 9.59 Å². The summed E-state index contributed by atoms with van der Waals surface area (Å²) in [6.45, 7) is 0.686. The summed E-state index contributed by atoms with van der Waals surface area (Å²) in [4.78, 5) is 26.4. The molecular formula is C28H22N2O4. The van der Waals surface area contributed by atoms with Crippen molar-refractivity contribution < 1.29 is 13.9 Å². The van der Waals surface area contributed by atoms with Crippen LogP contribution in [0.4, 0.5) is 5.69 Å². The van der Waals surface area contributed by atoms with Crippen LogP contribution in [0.2, 0.25) is 0 Å². The summed E-state index contributed by atoms with van der Waals surface area (Å²) in [7, 11) is 1.56. The molecule has 0 spiro atoms. The van der Waals surface area contributed by atoms with Crippen LogP contribution in [0, 0.1) is 0 Å². The summed E-state index contributed by atoms with van der Waals surface area (Å²) in [5, 5.41) is 4.43. The van der Waals surface area contributed by atoms with Crippen LogP contribution in [0.25, 0.3) is 21.9 Å². The molecule has 6 rings (SSSR count). The molecule has 0 unspecified atom stereocenters. The Kier molecular flexibility index (Phi) is 4.73. The molecule has 3 aromatic carbocycles. The first kappa shape index (κ1) is 20.3. The van der Waals surface area contributed by atoms with Crippen molar-refractivity contribution >= 4 is 33.5 Å². The van der Waals surface area contributed by atoms with E-state index in [4.69, 9.17) is 9.15 Å². The predicted molar refractivity (Wildman–Crippen MR) is 132 cm³/mol. The fourth-order valence-corrected chi connectivity index (χ4v) is 4.93. The first-order chi connectivity index (χ1) is 16.6. The summed E-state index contributed by atoms with van der Waals surface area (Å²) in [5.74, 6) is 0.0146. The van der Waals surface area contributed by atoms with Crippen LogP contribution in [-0.2, 0) is 11.3 Å². The van der Waals surface area contributed by atoms with Crippen molar-refractivity contribution in [1.29, 1.82) is 0 Å². The molecule has 0 bridgehead atoms. The van der Waals surface area contributed by atoms with E-state index in [0.717, 1.165) is 22.2 Å². The van der Waals surface area contributed by atoms with Gasteiger partial charge in [0.05, 0.1) is 30.0 Å². The van der Waals surface area contributed by atoms with Gasteiger partial charge in [-0.25, -0.2) is 0 Å².